The number of carboxylic acid groups (broad SMARTS) is 1. The van der Waals surface area contributed by atoms with Gasteiger partial charge in [-0.05, 0) is 29.8 Å². The topological polar surface area (TPSA) is 96.4 Å². The Balaban J connectivity index is 1.63. The molecule has 6 nitrogen and oxygen atoms in total. The first-order chi connectivity index (χ1) is 12.4. The van der Waals surface area contributed by atoms with Crippen LogP contribution in [-0.4, -0.2) is 24.5 Å². The summed E-state index contributed by atoms with van der Waals surface area (Å²) in [5.74, 6) is -1.10. The molecule has 0 radical (unpaired) electrons. The minimum absolute atomic E-state index is 0.0160. The van der Waals surface area contributed by atoms with Crippen molar-refractivity contribution in [2.75, 3.05) is 0 Å². The van der Waals surface area contributed by atoms with Crippen LogP contribution in [0.15, 0.2) is 64.9 Å². The Hall–Kier alpha value is -2.55. The van der Waals surface area contributed by atoms with Crippen LogP contribution >= 0.6 is 11.3 Å². The fourth-order valence-electron chi connectivity index (χ4n) is 2.31. The maximum absolute atomic E-state index is 12.3. The lowest BCUT2D eigenvalue weighted by Gasteiger charge is -2.05. The Bertz CT molecular complexity index is 997. The normalized spacial score (nSPS) is 11.4. The lowest BCUT2D eigenvalue weighted by molar-refractivity contribution is 0.0696. The first-order valence-corrected chi connectivity index (χ1v) is 10.1. The maximum Gasteiger partial charge on any atom is 0.335 e. The molecule has 1 aromatic heterocycles. The summed E-state index contributed by atoms with van der Waals surface area (Å²) in [6.07, 6.45) is 0.703. The quantitative estimate of drug-likeness (QED) is 0.649. The molecule has 1 heterocycles. The van der Waals surface area contributed by atoms with E-state index in [1.165, 1.54) is 35.6 Å². The monoisotopic (exact) mass is 388 g/mol. The highest BCUT2D eigenvalue weighted by molar-refractivity contribution is 7.89. The molecule has 8 heteroatoms. The van der Waals surface area contributed by atoms with Crippen LogP contribution in [0, 0.1) is 0 Å². The summed E-state index contributed by atoms with van der Waals surface area (Å²) in [6.45, 7) is 0.0777. The fraction of sp³-hybridized carbons (Fsp3) is 0.111. The number of sulfonamides is 1. The van der Waals surface area contributed by atoms with Crippen molar-refractivity contribution in [3.8, 4) is 0 Å². The number of hydrogen-bond donors (Lipinski definition) is 2. The van der Waals surface area contributed by atoms with Crippen LogP contribution in [-0.2, 0) is 23.0 Å². The van der Waals surface area contributed by atoms with Gasteiger partial charge in [0.1, 0.15) is 0 Å². The van der Waals surface area contributed by atoms with Crippen molar-refractivity contribution in [1.29, 1.82) is 0 Å². The third-order valence-corrected chi connectivity index (χ3v) is 5.97. The molecule has 0 bridgehead atoms. The zero-order valence-corrected chi connectivity index (χ0v) is 15.3. The molecule has 2 N–H and O–H groups in total. The van der Waals surface area contributed by atoms with E-state index in [0.29, 0.717) is 12.1 Å². The Kier molecular flexibility index (Phi) is 5.46. The van der Waals surface area contributed by atoms with Gasteiger partial charge in [0.05, 0.1) is 27.7 Å². The summed E-state index contributed by atoms with van der Waals surface area (Å²) in [5, 5.41) is 11.6. The summed E-state index contributed by atoms with van der Waals surface area (Å²) in [7, 11) is -3.73. The van der Waals surface area contributed by atoms with Gasteiger partial charge in [-0.2, -0.15) is 0 Å². The van der Waals surface area contributed by atoms with Gasteiger partial charge in [-0.15, -0.1) is 11.3 Å². The molecule has 26 heavy (non-hydrogen) atoms. The molecule has 0 aliphatic heterocycles. The van der Waals surface area contributed by atoms with Crippen LogP contribution in [0.2, 0.25) is 0 Å². The predicted octanol–water partition coefficient (Wildman–Crippen LogP) is 2.91. The van der Waals surface area contributed by atoms with E-state index >= 15 is 0 Å². The summed E-state index contributed by atoms with van der Waals surface area (Å²) >= 11 is 1.48. The molecule has 0 saturated carbocycles. The largest absolute Gasteiger partial charge is 0.478 e. The second kappa shape index (κ2) is 7.77. The van der Waals surface area contributed by atoms with Crippen LogP contribution in [0.3, 0.4) is 0 Å². The number of benzene rings is 2. The van der Waals surface area contributed by atoms with E-state index in [4.69, 9.17) is 5.11 Å². The molecule has 0 atom stereocenters. The molecule has 0 fully saturated rings. The van der Waals surface area contributed by atoms with Gasteiger partial charge >= 0.3 is 5.97 Å². The summed E-state index contributed by atoms with van der Waals surface area (Å²) in [5.41, 5.74) is 1.83. The molecule has 0 aliphatic rings. The molecule has 0 aliphatic carbocycles. The molecule has 3 aromatic rings. The van der Waals surface area contributed by atoms with Crippen LogP contribution in [0.25, 0.3) is 0 Å². The highest BCUT2D eigenvalue weighted by Crippen LogP contribution is 2.16. The van der Waals surface area contributed by atoms with Crippen LogP contribution < -0.4 is 4.72 Å². The smallest absolute Gasteiger partial charge is 0.335 e. The Morgan fingerprint density at radius 1 is 1.08 bits per heavy atom. The first kappa shape index (κ1) is 18.2. The van der Waals surface area contributed by atoms with Crippen molar-refractivity contribution in [2.45, 2.75) is 17.9 Å². The number of aromatic carboxylic acids is 1. The van der Waals surface area contributed by atoms with E-state index in [0.717, 1.165) is 10.6 Å². The molecule has 134 valence electrons. The van der Waals surface area contributed by atoms with Crippen LogP contribution in [0.1, 0.15) is 26.6 Å². The third kappa shape index (κ3) is 4.54. The van der Waals surface area contributed by atoms with Gasteiger partial charge in [0, 0.05) is 11.8 Å². The molecular formula is C18H16N2O4S2. The van der Waals surface area contributed by atoms with E-state index in [1.807, 2.05) is 35.7 Å². The average molecular weight is 388 g/mol. The van der Waals surface area contributed by atoms with Crippen molar-refractivity contribution in [2.24, 2.45) is 0 Å². The summed E-state index contributed by atoms with van der Waals surface area (Å²) < 4.78 is 27.1. The van der Waals surface area contributed by atoms with Crippen LogP contribution in [0.4, 0.5) is 0 Å². The molecular weight excluding hydrogens is 372 g/mol. The molecule has 2 aromatic carbocycles. The van der Waals surface area contributed by atoms with Crippen molar-refractivity contribution < 1.29 is 18.3 Å². The third-order valence-electron chi connectivity index (χ3n) is 3.65. The van der Waals surface area contributed by atoms with E-state index in [1.54, 1.807) is 0 Å². The number of thiazole rings is 1. The molecule has 3 rings (SSSR count). The lowest BCUT2D eigenvalue weighted by Crippen LogP contribution is -2.23. The van der Waals surface area contributed by atoms with Crippen LogP contribution in [0.5, 0.6) is 0 Å². The van der Waals surface area contributed by atoms with E-state index in [-0.39, 0.29) is 17.0 Å². The number of carbonyl (C=O) groups is 1. The van der Waals surface area contributed by atoms with Crippen molar-refractivity contribution >= 4 is 27.3 Å². The SMILES string of the molecule is O=C(O)c1ccc(S(=O)(=O)NCc2csc(Cc3ccccc3)n2)cc1. The second-order valence-electron chi connectivity index (χ2n) is 5.55. The molecule has 0 spiro atoms. The highest BCUT2D eigenvalue weighted by atomic mass is 32.2. The van der Waals surface area contributed by atoms with Gasteiger partial charge in [-0.25, -0.2) is 22.9 Å². The summed E-state index contributed by atoms with van der Waals surface area (Å²) in [6, 6.07) is 15.0. The van der Waals surface area contributed by atoms with Crippen molar-refractivity contribution in [3.63, 3.8) is 0 Å². The van der Waals surface area contributed by atoms with E-state index < -0.39 is 16.0 Å². The summed E-state index contributed by atoms with van der Waals surface area (Å²) in [4.78, 5) is 15.3. The predicted molar refractivity (Wildman–Crippen MR) is 98.8 cm³/mol. The number of nitrogens with one attached hydrogen (secondary N) is 1. The molecule has 0 unspecified atom stereocenters. The fourth-order valence-corrected chi connectivity index (χ4v) is 4.14. The van der Waals surface area contributed by atoms with Gasteiger partial charge in [0.2, 0.25) is 10.0 Å². The van der Waals surface area contributed by atoms with E-state index in [9.17, 15) is 13.2 Å². The zero-order chi connectivity index (χ0) is 18.6. The Labute approximate surface area is 155 Å². The van der Waals surface area contributed by atoms with Gasteiger partial charge in [-0.1, -0.05) is 30.3 Å². The van der Waals surface area contributed by atoms with Gasteiger partial charge in [0.25, 0.3) is 0 Å². The maximum atomic E-state index is 12.3. The average Bonchev–Trinajstić information content (AvgIpc) is 3.08. The van der Waals surface area contributed by atoms with Crippen molar-refractivity contribution in [1.82, 2.24) is 9.71 Å². The zero-order valence-electron chi connectivity index (χ0n) is 13.6. The minimum Gasteiger partial charge on any atom is -0.478 e. The molecule has 0 amide bonds. The Morgan fingerprint density at radius 3 is 2.42 bits per heavy atom. The van der Waals surface area contributed by atoms with Gasteiger partial charge in [0.15, 0.2) is 0 Å². The second-order valence-corrected chi connectivity index (χ2v) is 8.26. The minimum atomic E-state index is -3.73. The van der Waals surface area contributed by atoms with Gasteiger partial charge in [-0.3, -0.25) is 0 Å². The highest BCUT2D eigenvalue weighted by Gasteiger charge is 2.15. The number of nitrogens with zero attached hydrogens (tertiary/aromatic N) is 1. The number of aromatic nitrogens is 1. The molecule has 0 saturated heterocycles. The van der Waals surface area contributed by atoms with E-state index in [2.05, 4.69) is 9.71 Å². The number of carboxylic acids is 1. The first-order valence-electron chi connectivity index (χ1n) is 7.74. The standard InChI is InChI=1S/C18H16N2O4S2/c21-18(22)14-6-8-16(9-7-14)26(23,24)19-11-15-12-25-17(20-15)10-13-4-2-1-3-5-13/h1-9,12,19H,10-11H2,(H,21,22). The Morgan fingerprint density at radius 2 is 1.77 bits per heavy atom. The lowest BCUT2D eigenvalue weighted by atomic mass is 10.2. The van der Waals surface area contributed by atoms with Crippen molar-refractivity contribution in [3.05, 3.63) is 81.8 Å². The number of rotatable bonds is 7. The van der Waals surface area contributed by atoms with Gasteiger partial charge < -0.3 is 5.11 Å². The number of hydrogen-bond acceptors (Lipinski definition) is 5.